The van der Waals surface area contributed by atoms with Gasteiger partial charge in [0.1, 0.15) is 5.70 Å². The van der Waals surface area contributed by atoms with E-state index < -0.39 is 15.9 Å². The second-order valence-electron chi connectivity index (χ2n) is 1.92. The van der Waals surface area contributed by atoms with Crippen LogP contribution in [0.15, 0.2) is 23.3 Å². The minimum atomic E-state index is -3.48. The number of carbonyl (C=O) groups excluding carboxylic acids is 1. The number of nitrogens with two attached hydrogens (primary N) is 1. The molecule has 6 heteroatoms. The molecule has 0 atom stereocenters. The van der Waals surface area contributed by atoms with Crippen molar-refractivity contribution in [1.82, 2.24) is 4.72 Å². The van der Waals surface area contributed by atoms with Gasteiger partial charge in [-0.05, 0) is 12.2 Å². The van der Waals surface area contributed by atoms with Crippen LogP contribution in [0.1, 0.15) is 0 Å². The van der Waals surface area contributed by atoms with E-state index in [2.05, 4.69) is 0 Å². The Labute approximate surface area is 63.6 Å². The zero-order chi connectivity index (χ0) is 8.48. The molecule has 0 aromatic heterocycles. The van der Waals surface area contributed by atoms with Crippen LogP contribution in [-0.4, -0.2) is 14.3 Å². The summed E-state index contributed by atoms with van der Waals surface area (Å²) in [6.45, 7) is 0. The Morgan fingerprint density at radius 2 is 2.18 bits per heavy atom. The van der Waals surface area contributed by atoms with E-state index in [1.165, 1.54) is 12.2 Å². The molecule has 0 aromatic carbocycles. The van der Waals surface area contributed by atoms with Gasteiger partial charge in [-0.15, -0.1) is 0 Å². The van der Waals surface area contributed by atoms with Gasteiger partial charge in [0.05, 0.1) is 5.41 Å². The first kappa shape index (κ1) is 7.80. The molecule has 0 unspecified atom stereocenters. The van der Waals surface area contributed by atoms with E-state index in [4.69, 9.17) is 5.73 Å². The van der Waals surface area contributed by atoms with Crippen LogP contribution in [0.2, 0.25) is 0 Å². The molecule has 0 saturated heterocycles. The van der Waals surface area contributed by atoms with E-state index in [0.717, 1.165) is 5.41 Å². The second-order valence-corrected chi connectivity index (χ2v) is 3.49. The maximum Gasteiger partial charge on any atom is 0.265 e. The zero-order valence-corrected chi connectivity index (χ0v) is 6.26. The largest absolute Gasteiger partial charge is 0.364 e. The summed E-state index contributed by atoms with van der Waals surface area (Å²) in [4.78, 5) is 10.4. The Kier molecular flexibility index (Phi) is 1.69. The predicted octanol–water partition coefficient (Wildman–Crippen LogP) is -1.20. The number of primary amides is 1. The summed E-state index contributed by atoms with van der Waals surface area (Å²) in [5.74, 6) is -0.794. The lowest BCUT2D eigenvalue weighted by Gasteiger charge is -2.07. The summed E-state index contributed by atoms with van der Waals surface area (Å²) in [5, 5.41) is 0.944. The molecule has 5 nitrogen and oxygen atoms in total. The molecule has 1 rings (SSSR count). The van der Waals surface area contributed by atoms with Gasteiger partial charge in [0.2, 0.25) is 0 Å². The van der Waals surface area contributed by atoms with E-state index in [0.29, 0.717) is 0 Å². The molecule has 0 spiro atoms. The maximum absolute atomic E-state index is 10.7. The fourth-order valence-corrected chi connectivity index (χ4v) is 1.42. The van der Waals surface area contributed by atoms with Gasteiger partial charge in [0.15, 0.2) is 0 Å². The molecule has 1 heterocycles. The van der Waals surface area contributed by atoms with Crippen LogP contribution in [-0.2, 0) is 14.8 Å². The summed E-state index contributed by atoms with van der Waals surface area (Å²) in [7, 11) is -3.48. The lowest BCUT2D eigenvalue weighted by molar-refractivity contribution is -0.114. The van der Waals surface area contributed by atoms with Crippen molar-refractivity contribution in [2.24, 2.45) is 5.73 Å². The number of carbonyl (C=O) groups is 1. The van der Waals surface area contributed by atoms with Gasteiger partial charge < -0.3 is 5.73 Å². The molecule has 1 aliphatic heterocycles. The van der Waals surface area contributed by atoms with Crippen molar-refractivity contribution in [3.8, 4) is 0 Å². The van der Waals surface area contributed by atoms with E-state index in [1.54, 1.807) is 0 Å². The molecular formula is C5H6N2O3S. The van der Waals surface area contributed by atoms with Crippen molar-refractivity contribution in [3.63, 3.8) is 0 Å². The van der Waals surface area contributed by atoms with Gasteiger partial charge >= 0.3 is 0 Å². The monoisotopic (exact) mass is 174 g/mol. The normalized spacial score (nSPS) is 20.2. The maximum atomic E-state index is 10.7. The molecule has 0 radical (unpaired) electrons. The second kappa shape index (κ2) is 2.39. The van der Waals surface area contributed by atoms with Crippen LogP contribution in [0.4, 0.5) is 0 Å². The lowest BCUT2D eigenvalue weighted by Crippen LogP contribution is -2.31. The third-order valence-electron chi connectivity index (χ3n) is 1.04. The standard InChI is InChI=1S/C5H6N2O3S/c6-5(8)4-2-1-3-11(9,10)7-4/h1-3,7H,(H2,6,8). The molecule has 0 aliphatic carbocycles. The quantitative estimate of drug-likeness (QED) is 0.523. The summed E-state index contributed by atoms with van der Waals surface area (Å²) in [5.41, 5.74) is 4.70. The minimum Gasteiger partial charge on any atom is -0.364 e. The fourth-order valence-electron chi connectivity index (χ4n) is 0.593. The molecule has 1 amide bonds. The molecule has 3 N–H and O–H groups in total. The Balaban J connectivity index is 2.99. The third kappa shape index (κ3) is 1.81. The zero-order valence-electron chi connectivity index (χ0n) is 5.44. The van der Waals surface area contributed by atoms with Crippen molar-refractivity contribution in [2.45, 2.75) is 0 Å². The molecule has 0 saturated carbocycles. The number of sulfonamides is 1. The summed E-state index contributed by atoms with van der Waals surface area (Å²) in [6.07, 6.45) is 2.54. The molecule has 1 aliphatic rings. The van der Waals surface area contributed by atoms with Crippen molar-refractivity contribution in [1.29, 1.82) is 0 Å². The fraction of sp³-hybridized carbons (Fsp3) is 0. The number of nitrogens with one attached hydrogen (secondary N) is 1. The van der Waals surface area contributed by atoms with Crippen molar-refractivity contribution in [2.75, 3.05) is 0 Å². The highest BCUT2D eigenvalue weighted by Crippen LogP contribution is 2.01. The average Bonchev–Trinajstić information content (AvgIpc) is 1.85. The van der Waals surface area contributed by atoms with Crippen molar-refractivity contribution in [3.05, 3.63) is 23.3 Å². The predicted molar refractivity (Wildman–Crippen MR) is 38.5 cm³/mol. The minimum absolute atomic E-state index is 0.118. The SMILES string of the molecule is NC(=O)C1=CC=CS(=O)(=O)N1. The number of amides is 1. The first-order valence-electron chi connectivity index (χ1n) is 2.72. The van der Waals surface area contributed by atoms with Gasteiger partial charge in [-0.3, -0.25) is 9.52 Å². The highest BCUT2D eigenvalue weighted by Gasteiger charge is 2.14. The van der Waals surface area contributed by atoms with Gasteiger partial charge in [0, 0.05) is 0 Å². The molecule has 11 heavy (non-hydrogen) atoms. The van der Waals surface area contributed by atoms with E-state index >= 15 is 0 Å². The molecular weight excluding hydrogens is 168 g/mol. The van der Waals surface area contributed by atoms with Crippen LogP contribution < -0.4 is 10.5 Å². The molecule has 0 bridgehead atoms. The van der Waals surface area contributed by atoms with Crippen LogP contribution in [0.25, 0.3) is 0 Å². The van der Waals surface area contributed by atoms with Gasteiger partial charge in [-0.25, -0.2) is 8.42 Å². The van der Waals surface area contributed by atoms with Crippen molar-refractivity contribution < 1.29 is 13.2 Å². The average molecular weight is 174 g/mol. The Morgan fingerprint density at radius 3 is 2.55 bits per heavy atom. The number of hydrogen-bond acceptors (Lipinski definition) is 3. The van der Waals surface area contributed by atoms with Gasteiger partial charge in [-0.2, -0.15) is 0 Å². The smallest absolute Gasteiger partial charge is 0.265 e. The van der Waals surface area contributed by atoms with E-state index in [1.807, 2.05) is 4.72 Å². The first-order valence-corrected chi connectivity index (χ1v) is 4.27. The van der Waals surface area contributed by atoms with Crippen LogP contribution in [0.3, 0.4) is 0 Å². The lowest BCUT2D eigenvalue weighted by atomic mass is 10.4. The number of allylic oxidation sites excluding steroid dienone is 2. The Morgan fingerprint density at radius 1 is 1.55 bits per heavy atom. The first-order chi connectivity index (χ1) is 5.01. The molecule has 60 valence electrons. The van der Waals surface area contributed by atoms with E-state index in [-0.39, 0.29) is 5.70 Å². The van der Waals surface area contributed by atoms with Gasteiger partial charge in [0.25, 0.3) is 15.9 Å². The van der Waals surface area contributed by atoms with E-state index in [9.17, 15) is 13.2 Å². The van der Waals surface area contributed by atoms with Crippen molar-refractivity contribution >= 4 is 15.9 Å². The molecule has 0 aromatic rings. The van der Waals surface area contributed by atoms with Crippen LogP contribution in [0, 0.1) is 0 Å². The highest BCUT2D eigenvalue weighted by molar-refractivity contribution is 7.92. The van der Waals surface area contributed by atoms with Crippen LogP contribution in [0.5, 0.6) is 0 Å². The number of rotatable bonds is 1. The molecule has 0 fully saturated rings. The highest BCUT2D eigenvalue weighted by atomic mass is 32.2. The Hall–Kier alpha value is -1.30. The summed E-state index contributed by atoms with van der Waals surface area (Å²) >= 11 is 0. The summed E-state index contributed by atoms with van der Waals surface area (Å²) < 4.78 is 23.4. The topological polar surface area (TPSA) is 89.3 Å². The van der Waals surface area contributed by atoms with Gasteiger partial charge in [-0.1, -0.05) is 0 Å². The van der Waals surface area contributed by atoms with Crippen LogP contribution >= 0.6 is 0 Å². The number of hydrogen-bond donors (Lipinski definition) is 2. The Bertz CT molecular complexity index is 339. The summed E-state index contributed by atoms with van der Waals surface area (Å²) in [6, 6.07) is 0. The third-order valence-corrected chi connectivity index (χ3v) is 2.06.